The number of fused-ring (bicyclic) bond motifs is 3. The Balaban J connectivity index is 1.46. The molecule has 4 nitrogen and oxygen atoms in total. The van der Waals surface area contributed by atoms with Crippen molar-refractivity contribution in [2.24, 2.45) is 0 Å². The minimum absolute atomic E-state index is 0.0328. The number of nitrogens with one attached hydrogen (secondary N) is 1. The van der Waals surface area contributed by atoms with Crippen LogP contribution in [0.25, 0.3) is 61.5 Å². The number of hydrogen-bond donors (Lipinski definition) is 1. The maximum atomic E-state index is 5.47. The molecule has 0 bridgehead atoms. The Kier molecular flexibility index (Phi) is 7.47. The van der Waals surface area contributed by atoms with E-state index in [1.807, 2.05) is 6.20 Å². The zero-order valence-corrected chi connectivity index (χ0v) is 29.7. The summed E-state index contributed by atoms with van der Waals surface area (Å²) < 4.78 is 2.29. The van der Waals surface area contributed by atoms with Gasteiger partial charge in [-0.25, -0.2) is 4.98 Å². The van der Waals surface area contributed by atoms with Crippen LogP contribution in [0.2, 0.25) is 0 Å². The lowest BCUT2D eigenvalue weighted by atomic mass is 9.83. The van der Waals surface area contributed by atoms with Gasteiger partial charge in [-0.3, -0.25) is 9.55 Å². The van der Waals surface area contributed by atoms with Crippen LogP contribution in [-0.4, -0.2) is 19.5 Å². The Labute approximate surface area is 284 Å². The standard InChI is InChI=1S/C44H46N4/c1-42(2,3)31-15-19-39-35(26-31)34-16-17-37(47-41(34)48(39)40-20-18-36(46-40)28-13-11-10-12-14-28)29-23-30(25-33(24-29)44(7,8)9)38-27-32(21-22-45-38)43(4,5)6/h10-27,46H,1-9H3. The molecule has 0 radical (unpaired) electrons. The van der Waals surface area contributed by atoms with Crippen LogP contribution in [0.1, 0.15) is 79.0 Å². The fourth-order valence-electron chi connectivity index (χ4n) is 6.47. The van der Waals surface area contributed by atoms with E-state index < -0.39 is 0 Å². The van der Waals surface area contributed by atoms with Crippen LogP contribution >= 0.6 is 0 Å². The van der Waals surface area contributed by atoms with E-state index in [1.54, 1.807) is 0 Å². The fourth-order valence-corrected chi connectivity index (χ4v) is 6.47. The first-order valence-electron chi connectivity index (χ1n) is 17.0. The number of H-pyrrole nitrogens is 1. The van der Waals surface area contributed by atoms with Crippen molar-refractivity contribution in [3.8, 4) is 39.6 Å². The van der Waals surface area contributed by atoms with Crippen molar-refractivity contribution in [1.82, 2.24) is 19.5 Å². The SMILES string of the molecule is CC(C)(C)c1cc(-c2cc(C(C)(C)C)ccn2)cc(-c2ccc3c4cc(C(C)(C)C)ccc4n(-c4ccc(-c5ccccc5)[nH]4)c3n2)c1. The smallest absolute Gasteiger partial charge is 0.147 e. The van der Waals surface area contributed by atoms with Crippen molar-refractivity contribution in [2.75, 3.05) is 0 Å². The summed E-state index contributed by atoms with van der Waals surface area (Å²) in [5.41, 5.74) is 12.3. The zero-order chi connectivity index (χ0) is 34.0. The third-order valence-corrected chi connectivity index (χ3v) is 9.49. The van der Waals surface area contributed by atoms with Gasteiger partial charge in [-0.05, 0) is 105 Å². The van der Waals surface area contributed by atoms with E-state index in [0.717, 1.165) is 56.1 Å². The van der Waals surface area contributed by atoms with E-state index in [-0.39, 0.29) is 16.2 Å². The molecule has 0 saturated heterocycles. The van der Waals surface area contributed by atoms with E-state index >= 15 is 0 Å². The lowest BCUT2D eigenvalue weighted by Crippen LogP contribution is -2.12. The molecule has 0 aliphatic carbocycles. The quantitative estimate of drug-likeness (QED) is 0.210. The van der Waals surface area contributed by atoms with E-state index in [4.69, 9.17) is 9.97 Å². The van der Waals surface area contributed by atoms with Crippen molar-refractivity contribution in [3.05, 3.63) is 126 Å². The van der Waals surface area contributed by atoms with Crippen LogP contribution in [0.15, 0.2) is 109 Å². The van der Waals surface area contributed by atoms with Crippen molar-refractivity contribution in [1.29, 1.82) is 0 Å². The molecule has 0 unspecified atom stereocenters. The first-order chi connectivity index (χ1) is 22.7. The number of hydrogen-bond acceptors (Lipinski definition) is 2. The highest BCUT2D eigenvalue weighted by Crippen LogP contribution is 2.38. The number of benzene rings is 3. The van der Waals surface area contributed by atoms with Gasteiger partial charge in [0.25, 0.3) is 0 Å². The van der Waals surface area contributed by atoms with Gasteiger partial charge in [-0.15, -0.1) is 0 Å². The maximum Gasteiger partial charge on any atom is 0.147 e. The third kappa shape index (κ3) is 5.85. The van der Waals surface area contributed by atoms with E-state index in [9.17, 15) is 0 Å². The van der Waals surface area contributed by atoms with Gasteiger partial charge in [-0.1, -0.05) is 98.7 Å². The molecule has 4 heterocycles. The van der Waals surface area contributed by atoms with Crippen LogP contribution < -0.4 is 0 Å². The second-order valence-electron chi connectivity index (χ2n) is 16.2. The van der Waals surface area contributed by atoms with Gasteiger partial charge in [0.2, 0.25) is 0 Å². The maximum absolute atomic E-state index is 5.47. The summed E-state index contributed by atoms with van der Waals surface area (Å²) in [7, 11) is 0. The van der Waals surface area contributed by atoms with Crippen molar-refractivity contribution in [3.63, 3.8) is 0 Å². The Hall–Kier alpha value is -4.96. The highest BCUT2D eigenvalue weighted by Gasteiger charge is 2.22. The predicted molar refractivity (Wildman–Crippen MR) is 203 cm³/mol. The van der Waals surface area contributed by atoms with Gasteiger partial charge in [0.15, 0.2) is 0 Å². The Morgan fingerprint density at radius 3 is 1.88 bits per heavy atom. The molecule has 3 aromatic carbocycles. The molecular formula is C44H46N4. The summed E-state index contributed by atoms with van der Waals surface area (Å²) in [4.78, 5) is 14.0. The van der Waals surface area contributed by atoms with Crippen molar-refractivity contribution >= 4 is 21.9 Å². The number of aromatic amines is 1. The average molecular weight is 631 g/mol. The van der Waals surface area contributed by atoms with Gasteiger partial charge in [0, 0.05) is 33.8 Å². The fraction of sp³-hybridized carbons (Fsp3) is 0.273. The largest absolute Gasteiger partial charge is 0.341 e. The van der Waals surface area contributed by atoms with Crippen LogP contribution in [0.5, 0.6) is 0 Å². The van der Waals surface area contributed by atoms with Crippen LogP contribution in [0.4, 0.5) is 0 Å². The second-order valence-corrected chi connectivity index (χ2v) is 16.2. The lowest BCUT2D eigenvalue weighted by molar-refractivity contribution is 0.588. The first-order valence-corrected chi connectivity index (χ1v) is 17.0. The van der Waals surface area contributed by atoms with Crippen LogP contribution in [0.3, 0.4) is 0 Å². The number of aromatic nitrogens is 4. The molecule has 242 valence electrons. The van der Waals surface area contributed by atoms with Gasteiger partial charge in [0.05, 0.1) is 16.9 Å². The number of pyridine rings is 2. The monoisotopic (exact) mass is 630 g/mol. The second kappa shape index (κ2) is 11.3. The summed E-state index contributed by atoms with van der Waals surface area (Å²) in [6.07, 6.45) is 1.94. The lowest BCUT2D eigenvalue weighted by Gasteiger charge is -2.22. The number of nitrogens with zero attached hydrogens (tertiary/aromatic N) is 3. The first kappa shape index (κ1) is 31.6. The molecular weight excluding hydrogens is 585 g/mol. The van der Waals surface area contributed by atoms with E-state index in [1.165, 1.54) is 22.1 Å². The highest BCUT2D eigenvalue weighted by molar-refractivity contribution is 6.08. The van der Waals surface area contributed by atoms with Crippen LogP contribution in [-0.2, 0) is 16.2 Å². The topological polar surface area (TPSA) is 46.5 Å². The van der Waals surface area contributed by atoms with Gasteiger partial charge in [0.1, 0.15) is 11.5 Å². The molecule has 1 N–H and O–H groups in total. The molecule has 7 rings (SSSR count). The summed E-state index contributed by atoms with van der Waals surface area (Å²) >= 11 is 0. The van der Waals surface area contributed by atoms with Gasteiger partial charge < -0.3 is 4.98 Å². The van der Waals surface area contributed by atoms with Crippen molar-refractivity contribution < 1.29 is 0 Å². The molecule has 0 aliphatic heterocycles. The zero-order valence-electron chi connectivity index (χ0n) is 29.7. The highest BCUT2D eigenvalue weighted by atomic mass is 15.1. The molecule has 0 amide bonds. The Bertz CT molecular complexity index is 2280. The summed E-state index contributed by atoms with van der Waals surface area (Å²) in [6, 6.07) is 37.3. The molecule has 0 aliphatic rings. The molecule has 7 aromatic rings. The Morgan fingerprint density at radius 2 is 1.19 bits per heavy atom. The third-order valence-electron chi connectivity index (χ3n) is 9.49. The molecule has 0 saturated carbocycles. The van der Waals surface area contributed by atoms with Crippen LogP contribution in [0, 0.1) is 0 Å². The average Bonchev–Trinajstić information content (AvgIpc) is 3.66. The van der Waals surface area contributed by atoms with Gasteiger partial charge in [-0.2, -0.15) is 0 Å². The normalized spacial score (nSPS) is 12.7. The van der Waals surface area contributed by atoms with E-state index in [0.29, 0.717) is 0 Å². The number of rotatable bonds is 4. The molecule has 0 spiro atoms. The molecule has 4 aromatic heterocycles. The molecule has 48 heavy (non-hydrogen) atoms. The minimum Gasteiger partial charge on any atom is -0.341 e. The molecule has 4 heteroatoms. The van der Waals surface area contributed by atoms with Gasteiger partial charge >= 0.3 is 0 Å². The minimum atomic E-state index is -0.0488. The molecule has 0 atom stereocenters. The summed E-state index contributed by atoms with van der Waals surface area (Å²) in [5, 5.41) is 2.35. The predicted octanol–water partition coefficient (Wildman–Crippen LogP) is 11.8. The Morgan fingerprint density at radius 1 is 0.521 bits per heavy atom. The van der Waals surface area contributed by atoms with Crippen molar-refractivity contribution in [2.45, 2.75) is 78.6 Å². The molecule has 0 fully saturated rings. The summed E-state index contributed by atoms with van der Waals surface area (Å²) in [5.74, 6) is 0.995. The van der Waals surface area contributed by atoms with E-state index in [2.05, 4.69) is 175 Å². The summed E-state index contributed by atoms with van der Waals surface area (Å²) in [6.45, 7) is 20.4.